The molecule has 2 amide bonds. The quantitative estimate of drug-likeness (QED) is 0.173. The van der Waals surface area contributed by atoms with Gasteiger partial charge in [-0.1, -0.05) is 30.2 Å². The molecule has 2 aromatic carbocycles. The molecule has 0 saturated carbocycles. The fraction of sp³-hybridized carbons (Fsp3) is 0.419. The molecule has 0 spiro atoms. The van der Waals surface area contributed by atoms with E-state index in [1.54, 1.807) is 19.9 Å². The van der Waals surface area contributed by atoms with Gasteiger partial charge in [0, 0.05) is 5.92 Å². The number of fused-ring (bicyclic) bond motifs is 1. The van der Waals surface area contributed by atoms with E-state index in [0.29, 0.717) is 46.6 Å². The van der Waals surface area contributed by atoms with Crippen molar-refractivity contribution >= 4 is 23.6 Å². The van der Waals surface area contributed by atoms with Crippen LogP contribution in [0.15, 0.2) is 53.1 Å². The SMILES string of the molecule is CCC1=C([C@H](O)CC/C(C)=C/c2ccc(O)c(F)c2)[C@H](CO)[C@@H]2C(=O)N(c3cc(C(F)(F)F)cc(C(F)(F)F)c3)C(=O)[C@@H]2C1. The summed E-state index contributed by atoms with van der Waals surface area (Å²) < 4.78 is 94.7. The second kappa shape index (κ2) is 12.4. The van der Waals surface area contributed by atoms with E-state index >= 15 is 0 Å². The van der Waals surface area contributed by atoms with Crippen LogP contribution in [0.2, 0.25) is 0 Å². The number of phenols is 1. The van der Waals surface area contributed by atoms with Crippen molar-refractivity contribution in [2.75, 3.05) is 11.5 Å². The molecule has 1 aliphatic carbocycles. The fourth-order valence-electron chi connectivity index (χ4n) is 6.11. The number of nitrogens with zero attached hydrogens (tertiary/aromatic N) is 1. The first kappa shape index (κ1) is 33.2. The molecule has 4 atom stereocenters. The lowest BCUT2D eigenvalue weighted by Gasteiger charge is -2.36. The van der Waals surface area contributed by atoms with E-state index in [2.05, 4.69) is 0 Å². The summed E-state index contributed by atoms with van der Waals surface area (Å²) >= 11 is 0. The second-order valence-electron chi connectivity index (χ2n) is 11.1. The van der Waals surface area contributed by atoms with Gasteiger partial charge in [0.15, 0.2) is 11.6 Å². The minimum atomic E-state index is -5.19. The highest BCUT2D eigenvalue weighted by molar-refractivity contribution is 6.22. The van der Waals surface area contributed by atoms with Gasteiger partial charge in [0.1, 0.15) is 0 Å². The van der Waals surface area contributed by atoms with Gasteiger partial charge in [-0.05, 0) is 74.1 Å². The zero-order valence-corrected chi connectivity index (χ0v) is 23.6. The minimum Gasteiger partial charge on any atom is -0.505 e. The third-order valence-corrected chi connectivity index (χ3v) is 8.19. The number of aliphatic hydroxyl groups is 2. The molecule has 0 aromatic heterocycles. The van der Waals surface area contributed by atoms with E-state index in [1.165, 1.54) is 12.1 Å². The van der Waals surface area contributed by atoms with E-state index in [1.807, 2.05) is 0 Å². The Labute approximate surface area is 248 Å². The van der Waals surface area contributed by atoms with Crippen molar-refractivity contribution in [1.29, 1.82) is 0 Å². The molecular formula is C31H30F7NO5. The average molecular weight is 630 g/mol. The highest BCUT2D eigenvalue weighted by atomic mass is 19.4. The molecule has 13 heteroatoms. The summed E-state index contributed by atoms with van der Waals surface area (Å²) in [6, 6.07) is 4.35. The number of benzene rings is 2. The van der Waals surface area contributed by atoms with Crippen molar-refractivity contribution < 1.29 is 55.6 Å². The number of imide groups is 1. The van der Waals surface area contributed by atoms with Crippen LogP contribution >= 0.6 is 0 Å². The molecule has 3 N–H and O–H groups in total. The summed E-state index contributed by atoms with van der Waals surface area (Å²) in [6.07, 6.45) is -9.32. The number of anilines is 1. The average Bonchev–Trinajstić information content (AvgIpc) is 3.20. The number of halogens is 7. The van der Waals surface area contributed by atoms with E-state index < -0.39 is 83.0 Å². The maximum Gasteiger partial charge on any atom is 0.416 e. The number of aliphatic hydroxyl groups excluding tert-OH is 2. The molecule has 2 aromatic rings. The van der Waals surface area contributed by atoms with Gasteiger partial charge in [0.05, 0.1) is 41.4 Å². The molecule has 1 saturated heterocycles. The molecule has 238 valence electrons. The molecule has 1 aliphatic heterocycles. The van der Waals surface area contributed by atoms with Crippen LogP contribution in [-0.4, -0.2) is 39.8 Å². The summed E-state index contributed by atoms with van der Waals surface area (Å²) in [5.41, 5.74) is -2.18. The van der Waals surface area contributed by atoms with Gasteiger partial charge >= 0.3 is 12.4 Å². The van der Waals surface area contributed by atoms with Crippen molar-refractivity contribution in [2.24, 2.45) is 17.8 Å². The lowest BCUT2D eigenvalue weighted by Crippen LogP contribution is -2.39. The Kier molecular flexibility index (Phi) is 9.32. The number of carbonyl (C=O) groups is 2. The van der Waals surface area contributed by atoms with Gasteiger partial charge in [-0.3, -0.25) is 9.59 Å². The van der Waals surface area contributed by atoms with E-state index in [4.69, 9.17) is 0 Å². The third kappa shape index (κ3) is 6.53. The van der Waals surface area contributed by atoms with Gasteiger partial charge in [-0.2, -0.15) is 26.3 Å². The first-order chi connectivity index (χ1) is 20.5. The number of rotatable bonds is 8. The molecule has 44 heavy (non-hydrogen) atoms. The minimum absolute atomic E-state index is 0.0716. The number of phenolic OH excluding ortho intramolecular Hbond substituents is 1. The first-order valence-electron chi connectivity index (χ1n) is 13.8. The Balaban J connectivity index is 1.64. The van der Waals surface area contributed by atoms with Crippen LogP contribution < -0.4 is 4.90 Å². The number of amides is 2. The Morgan fingerprint density at radius 2 is 1.64 bits per heavy atom. The molecular weight excluding hydrogens is 599 g/mol. The van der Waals surface area contributed by atoms with Gasteiger partial charge < -0.3 is 15.3 Å². The summed E-state index contributed by atoms with van der Waals surface area (Å²) in [5.74, 6) is -6.93. The Morgan fingerprint density at radius 3 is 2.16 bits per heavy atom. The number of hydrogen-bond acceptors (Lipinski definition) is 5. The molecule has 4 rings (SSSR count). The number of aromatic hydroxyl groups is 1. The normalized spacial score (nSPS) is 22.1. The monoisotopic (exact) mass is 629 g/mol. The number of alkyl halides is 6. The lowest BCUT2D eigenvalue weighted by atomic mass is 9.67. The van der Waals surface area contributed by atoms with Gasteiger partial charge in [-0.15, -0.1) is 0 Å². The van der Waals surface area contributed by atoms with Crippen LogP contribution in [0, 0.1) is 23.6 Å². The number of carbonyl (C=O) groups excluding carboxylic acids is 2. The first-order valence-corrected chi connectivity index (χ1v) is 13.8. The Morgan fingerprint density at radius 1 is 1.02 bits per heavy atom. The van der Waals surface area contributed by atoms with Gasteiger partial charge in [-0.25, -0.2) is 9.29 Å². The predicted molar refractivity (Wildman–Crippen MR) is 145 cm³/mol. The molecule has 1 fully saturated rings. The zero-order chi connectivity index (χ0) is 32.7. The standard InChI is InChI=1S/C31H30F7NO5/c1-3-17-10-21-27(22(14-40)26(17)25(42)6-4-15(2)8-16-5-7-24(41)23(32)9-16)29(44)39(28(21)43)20-12-18(30(33,34)35)11-19(13-20)31(36,37)38/h5,7-9,11-13,21-22,25,27,40-42H,3-4,6,10,14H2,1-2H3/b15-8+/t21-,22+,25-,27-/m1/s1. The Hall–Kier alpha value is -3.71. The number of allylic oxidation sites excluding steroid dienone is 2. The van der Waals surface area contributed by atoms with Crippen LogP contribution in [-0.2, 0) is 21.9 Å². The van der Waals surface area contributed by atoms with Crippen molar-refractivity contribution in [1.82, 2.24) is 0 Å². The summed E-state index contributed by atoms with van der Waals surface area (Å²) in [5, 5.41) is 31.0. The topological polar surface area (TPSA) is 98.1 Å². The van der Waals surface area contributed by atoms with Gasteiger partial charge in [0.25, 0.3) is 0 Å². The van der Waals surface area contributed by atoms with Crippen molar-refractivity contribution in [3.63, 3.8) is 0 Å². The second-order valence-corrected chi connectivity index (χ2v) is 11.1. The van der Waals surface area contributed by atoms with E-state index in [9.17, 15) is 55.6 Å². The highest BCUT2D eigenvalue weighted by Gasteiger charge is 2.55. The Bertz CT molecular complexity index is 1480. The van der Waals surface area contributed by atoms with Crippen LogP contribution in [0.4, 0.5) is 36.4 Å². The van der Waals surface area contributed by atoms with Crippen LogP contribution in [0.25, 0.3) is 6.08 Å². The molecule has 0 bridgehead atoms. The van der Waals surface area contributed by atoms with E-state index in [-0.39, 0.29) is 18.9 Å². The third-order valence-electron chi connectivity index (χ3n) is 8.19. The van der Waals surface area contributed by atoms with Crippen molar-refractivity contribution in [3.05, 3.63) is 75.6 Å². The number of hydrogen-bond donors (Lipinski definition) is 3. The summed E-state index contributed by atoms with van der Waals surface area (Å²) in [4.78, 5) is 27.4. The van der Waals surface area contributed by atoms with Crippen LogP contribution in [0.5, 0.6) is 5.75 Å². The van der Waals surface area contributed by atoms with Crippen molar-refractivity contribution in [3.8, 4) is 5.75 Å². The molecule has 6 nitrogen and oxygen atoms in total. The van der Waals surface area contributed by atoms with Crippen LogP contribution in [0.3, 0.4) is 0 Å². The van der Waals surface area contributed by atoms with E-state index in [0.717, 1.165) is 11.6 Å². The zero-order valence-electron chi connectivity index (χ0n) is 23.6. The van der Waals surface area contributed by atoms with Crippen molar-refractivity contribution in [2.45, 2.75) is 58.0 Å². The smallest absolute Gasteiger partial charge is 0.416 e. The summed E-state index contributed by atoms with van der Waals surface area (Å²) in [7, 11) is 0. The molecule has 0 unspecified atom stereocenters. The van der Waals surface area contributed by atoms with Gasteiger partial charge in [0.2, 0.25) is 11.8 Å². The molecule has 1 heterocycles. The van der Waals surface area contributed by atoms with Crippen LogP contribution in [0.1, 0.15) is 56.2 Å². The highest BCUT2D eigenvalue weighted by Crippen LogP contribution is 2.49. The molecule has 2 aliphatic rings. The maximum atomic E-state index is 13.7. The maximum absolute atomic E-state index is 13.7. The predicted octanol–water partition coefficient (Wildman–Crippen LogP) is 6.64. The largest absolute Gasteiger partial charge is 0.505 e. The lowest BCUT2D eigenvalue weighted by molar-refractivity contribution is -0.143. The summed E-state index contributed by atoms with van der Waals surface area (Å²) in [6.45, 7) is 2.75. The fourth-order valence-corrected chi connectivity index (χ4v) is 6.11. The molecule has 0 radical (unpaired) electrons.